The van der Waals surface area contributed by atoms with Crippen LogP contribution in [0.1, 0.15) is 12.0 Å². The van der Waals surface area contributed by atoms with Gasteiger partial charge in [-0.1, -0.05) is 17.7 Å². The number of hydrogen-bond donors (Lipinski definition) is 2. The first-order chi connectivity index (χ1) is 12.1. The van der Waals surface area contributed by atoms with E-state index in [0.717, 1.165) is 36.7 Å². The molecule has 0 unspecified atom stereocenters. The van der Waals surface area contributed by atoms with Gasteiger partial charge in [-0.2, -0.15) is 0 Å². The number of nitrogens with two attached hydrogens (primary N) is 1. The molecule has 2 aromatic carbocycles. The summed E-state index contributed by atoms with van der Waals surface area (Å²) in [6.07, 6.45) is 1.89. The fourth-order valence-corrected chi connectivity index (χ4v) is 4.94. The van der Waals surface area contributed by atoms with E-state index in [1.54, 1.807) is 12.1 Å². The monoisotopic (exact) mass is 415 g/mol. The van der Waals surface area contributed by atoms with Crippen molar-refractivity contribution < 1.29 is 16.8 Å². The van der Waals surface area contributed by atoms with Crippen molar-refractivity contribution in [2.45, 2.75) is 22.6 Å². The van der Waals surface area contributed by atoms with Crippen molar-refractivity contribution in [2.75, 3.05) is 23.2 Å². The lowest BCUT2D eigenvalue weighted by Crippen LogP contribution is -2.25. The molecule has 0 aliphatic carbocycles. The summed E-state index contributed by atoms with van der Waals surface area (Å²) in [6, 6.07) is 8.56. The molecule has 1 aliphatic rings. The Balaban J connectivity index is 2.03. The third-order valence-corrected chi connectivity index (χ3v) is 6.78. The highest BCUT2D eigenvalue weighted by atomic mass is 35.5. The molecule has 0 spiro atoms. The minimum atomic E-state index is -4.12. The number of halogens is 1. The topological polar surface area (TPSA) is 110 Å². The number of benzene rings is 2. The van der Waals surface area contributed by atoms with Crippen LogP contribution in [-0.4, -0.2) is 30.4 Å². The van der Waals surface area contributed by atoms with Crippen molar-refractivity contribution in [3.05, 3.63) is 47.0 Å². The maximum Gasteiger partial charge on any atom is 0.262 e. The molecule has 0 bridgehead atoms. The van der Waals surface area contributed by atoms with Gasteiger partial charge in [0.15, 0.2) is 0 Å². The molecule has 0 amide bonds. The van der Waals surface area contributed by atoms with Crippen molar-refractivity contribution in [3.8, 4) is 0 Å². The second kappa shape index (κ2) is 6.73. The highest BCUT2D eigenvalue weighted by Gasteiger charge is 2.23. The van der Waals surface area contributed by atoms with Crippen molar-refractivity contribution in [3.63, 3.8) is 0 Å². The SMILES string of the molecule is CN1CCCc2ccc(S(=O)(=O)Nc3cc(Cl)ccc3S(N)(=O)=O)cc21. The Morgan fingerprint density at radius 2 is 1.85 bits per heavy atom. The van der Waals surface area contributed by atoms with E-state index in [1.165, 1.54) is 18.2 Å². The summed E-state index contributed by atoms with van der Waals surface area (Å²) in [5.41, 5.74) is 1.73. The molecule has 1 aliphatic heterocycles. The van der Waals surface area contributed by atoms with Crippen molar-refractivity contribution in [1.29, 1.82) is 0 Å². The molecular weight excluding hydrogens is 398 g/mol. The first-order valence-electron chi connectivity index (χ1n) is 7.77. The zero-order valence-corrected chi connectivity index (χ0v) is 16.3. The van der Waals surface area contributed by atoms with Gasteiger partial charge in [-0.15, -0.1) is 0 Å². The number of aryl methyl sites for hydroxylation is 1. The van der Waals surface area contributed by atoms with E-state index in [9.17, 15) is 16.8 Å². The molecule has 0 fully saturated rings. The molecule has 0 atom stereocenters. The van der Waals surface area contributed by atoms with Gasteiger partial charge in [0.2, 0.25) is 10.0 Å². The zero-order chi connectivity index (χ0) is 19.1. The summed E-state index contributed by atoms with van der Waals surface area (Å²) in [4.78, 5) is 1.68. The quantitative estimate of drug-likeness (QED) is 0.795. The van der Waals surface area contributed by atoms with Crippen LogP contribution in [0.25, 0.3) is 0 Å². The van der Waals surface area contributed by atoms with E-state index in [4.69, 9.17) is 16.7 Å². The Kier molecular flexibility index (Phi) is 4.91. The average molecular weight is 416 g/mol. The number of primary sulfonamides is 1. The van der Waals surface area contributed by atoms with Crippen LogP contribution in [0.2, 0.25) is 5.02 Å². The molecule has 0 saturated carbocycles. The van der Waals surface area contributed by atoms with Gasteiger partial charge in [0.1, 0.15) is 4.90 Å². The maximum atomic E-state index is 12.8. The Bertz CT molecular complexity index is 1070. The number of hydrogen-bond acceptors (Lipinski definition) is 5. The second-order valence-corrected chi connectivity index (χ2v) is 9.76. The van der Waals surface area contributed by atoms with Crippen LogP contribution in [0.4, 0.5) is 11.4 Å². The van der Waals surface area contributed by atoms with E-state index in [-0.39, 0.29) is 20.5 Å². The standard InChI is InChI=1S/C16H18ClN3O4S2/c1-20-8-2-3-11-4-6-13(10-15(11)20)26(23,24)19-14-9-12(17)5-7-16(14)25(18,21)22/h4-7,9-10,19H,2-3,8H2,1H3,(H2,18,21,22). The van der Waals surface area contributed by atoms with E-state index in [0.29, 0.717) is 0 Å². The smallest absolute Gasteiger partial charge is 0.262 e. The molecule has 140 valence electrons. The van der Waals surface area contributed by atoms with Crippen LogP contribution in [-0.2, 0) is 26.5 Å². The van der Waals surface area contributed by atoms with Gasteiger partial charge < -0.3 is 4.90 Å². The molecule has 10 heteroatoms. The van der Waals surface area contributed by atoms with E-state index in [2.05, 4.69) is 4.72 Å². The summed E-state index contributed by atoms with van der Waals surface area (Å²) < 4.78 is 51.3. The highest BCUT2D eigenvalue weighted by molar-refractivity contribution is 7.93. The van der Waals surface area contributed by atoms with Crippen LogP contribution in [0.5, 0.6) is 0 Å². The largest absolute Gasteiger partial charge is 0.374 e. The number of fused-ring (bicyclic) bond motifs is 1. The highest BCUT2D eigenvalue weighted by Crippen LogP contribution is 2.31. The van der Waals surface area contributed by atoms with Gasteiger partial charge in [0.05, 0.1) is 10.6 Å². The Hall–Kier alpha value is -1.81. The Labute approximate surface area is 157 Å². The van der Waals surface area contributed by atoms with Gasteiger partial charge in [0, 0.05) is 24.3 Å². The fraction of sp³-hybridized carbons (Fsp3) is 0.250. The Morgan fingerprint density at radius 1 is 1.12 bits per heavy atom. The van der Waals surface area contributed by atoms with E-state index >= 15 is 0 Å². The summed E-state index contributed by atoms with van der Waals surface area (Å²) >= 11 is 5.88. The minimum absolute atomic E-state index is 0.0327. The van der Waals surface area contributed by atoms with Gasteiger partial charge >= 0.3 is 0 Å². The van der Waals surface area contributed by atoms with Crippen molar-refractivity contribution in [1.82, 2.24) is 0 Å². The number of nitrogens with zero attached hydrogens (tertiary/aromatic N) is 1. The van der Waals surface area contributed by atoms with E-state index < -0.39 is 20.0 Å². The summed E-state index contributed by atoms with van der Waals surface area (Å²) in [5, 5.41) is 5.34. The third kappa shape index (κ3) is 3.80. The van der Waals surface area contributed by atoms with Crippen LogP contribution < -0.4 is 14.8 Å². The van der Waals surface area contributed by atoms with E-state index in [1.807, 2.05) is 11.9 Å². The molecule has 26 heavy (non-hydrogen) atoms. The molecule has 7 nitrogen and oxygen atoms in total. The van der Waals surface area contributed by atoms with Crippen molar-refractivity contribution in [2.24, 2.45) is 5.14 Å². The predicted molar refractivity (Wildman–Crippen MR) is 102 cm³/mol. The Morgan fingerprint density at radius 3 is 2.54 bits per heavy atom. The number of sulfonamides is 2. The first kappa shape index (κ1) is 19.0. The van der Waals surface area contributed by atoms with Gasteiger partial charge in [-0.25, -0.2) is 22.0 Å². The fourth-order valence-electron chi connectivity index (χ4n) is 2.94. The number of rotatable bonds is 4. The molecule has 1 heterocycles. The molecule has 0 radical (unpaired) electrons. The number of nitrogens with one attached hydrogen (secondary N) is 1. The summed E-state index contributed by atoms with van der Waals surface area (Å²) in [6.45, 7) is 0.841. The van der Waals surface area contributed by atoms with Gasteiger partial charge in [-0.3, -0.25) is 4.72 Å². The predicted octanol–water partition coefficient (Wildman–Crippen LogP) is 2.17. The first-order valence-corrected chi connectivity index (χ1v) is 11.2. The third-order valence-electron chi connectivity index (χ3n) is 4.21. The zero-order valence-electron chi connectivity index (χ0n) is 13.9. The van der Waals surface area contributed by atoms with Gasteiger partial charge in [0.25, 0.3) is 10.0 Å². The number of anilines is 2. The lowest BCUT2D eigenvalue weighted by molar-refractivity contribution is 0.598. The summed E-state index contributed by atoms with van der Waals surface area (Å²) in [7, 11) is -6.25. The molecule has 2 aromatic rings. The minimum Gasteiger partial charge on any atom is -0.374 e. The summed E-state index contributed by atoms with van der Waals surface area (Å²) in [5.74, 6) is 0. The van der Waals surface area contributed by atoms with Crippen LogP contribution in [0.15, 0.2) is 46.2 Å². The molecule has 3 rings (SSSR count). The van der Waals surface area contributed by atoms with Crippen LogP contribution in [0, 0.1) is 0 Å². The van der Waals surface area contributed by atoms with Crippen molar-refractivity contribution >= 4 is 43.0 Å². The molecule has 3 N–H and O–H groups in total. The molecule has 0 saturated heterocycles. The average Bonchev–Trinajstić information content (AvgIpc) is 2.53. The molecular formula is C16H18ClN3O4S2. The lowest BCUT2D eigenvalue weighted by Gasteiger charge is -2.28. The normalized spacial score (nSPS) is 14.8. The van der Waals surface area contributed by atoms with Crippen LogP contribution >= 0.6 is 11.6 Å². The lowest BCUT2D eigenvalue weighted by atomic mass is 10.0. The van der Waals surface area contributed by atoms with Gasteiger partial charge in [-0.05, 0) is 48.7 Å². The second-order valence-electron chi connectivity index (χ2n) is 6.11. The maximum absolute atomic E-state index is 12.8. The molecule has 0 aromatic heterocycles. The van der Waals surface area contributed by atoms with Crippen LogP contribution in [0.3, 0.4) is 0 Å².